The van der Waals surface area contributed by atoms with Crippen LogP contribution in [0.15, 0.2) is 0 Å². The van der Waals surface area contributed by atoms with Crippen molar-refractivity contribution in [2.45, 2.75) is 52.2 Å². The van der Waals surface area contributed by atoms with Crippen LogP contribution in [0.2, 0.25) is 0 Å². The van der Waals surface area contributed by atoms with Crippen LogP contribution in [0.1, 0.15) is 35.3 Å². The summed E-state index contributed by atoms with van der Waals surface area (Å²) < 4.78 is 5.79. The summed E-state index contributed by atoms with van der Waals surface area (Å²) in [5.41, 5.74) is 7.41. The van der Waals surface area contributed by atoms with Gasteiger partial charge < -0.3 is 10.5 Å². The summed E-state index contributed by atoms with van der Waals surface area (Å²) in [5.74, 6) is 0.687. The fraction of sp³-hybridized carbons (Fsp3) is 0.769. The summed E-state index contributed by atoms with van der Waals surface area (Å²) in [7, 11) is 0. The van der Waals surface area contributed by atoms with Crippen molar-refractivity contribution < 1.29 is 4.74 Å². The average molecular weight is 254 g/mol. The molecule has 0 bridgehead atoms. The van der Waals surface area contributed by atoms with Crippen molar-refractivity contribution in [1.82, 2.24) is 4.98 Å². The van der Waals surface area contributed by atoms with E-state index < -0.39 is 0 Å². The predicted molar refractivity (Wildman–Crippen MR) is 71.4 cm³/mol. The Morgan fingerprint density at radius 2 is 2.18 bits per heavy atom. The normalized spacial score (nSPS) is 19.3. The zero-order chi connectivity index (χ0) is 12.4. The fourth-order valence-corrected chi connectivity index (χ4v) is 3.18. The zero-order valence-electron chi connectivity index (χ0n) is 10.9. The molecule has 0 aromatic carbocycles. The van der Waals surface area contributed by atoms with Crippen molar-refractivity contribution in [3.05, 3.63) is 15.6 Å². The molecule has 96 valence electrons. The largest absolute Gasteiger partial charge is 0.377 e. The highest BCUT2D eigenvalue weighted by atomic mass is 32.1. The van der Waals surface area contributed by atoms with Gasteiger partial charge in [0, 0.05) is 23.9 Å². The van der Waals surface area contributed by atoms with Crippen LogP contribution in [0.4, 0.5) is 0 Å². The SMILES string of the molecule is CCOC(C(N)Cc1nc(C)c(C)s1)C1CC1. The minimum atomic E-state index is 0.0902. The molecule has 1 aliphatic carbocycles. The molecular formula is C13H22N2OS. The van der Waals surface area contributed by atoms with Crippen molar-refractivity contribution in [1.29, 1.82) is 0 Å². The molecule has 0 spiro atoms. The third-order valence-corrected chi connectivity index (χ3v) is 4.45. The van der Waals surface area contributed by atoms with Crippen LogP contribution in [0, 0.1) is 19.8 Å². The first kappa shape index (κ1) is 13.0. The Hall–Kier alpha value is -0.450. The van der Waals surface area contributed by atoms with Gasteiger partial charge in [-0.25, -0.2) is 4.98 Å². The summed E-state index contributed by atoms with van der Waals surface area (Å²) in [5, 5.41) is 1.15. The van der Waals surface area contributed by atoms with Gasteiger partial charge in [-0.1, -0.05) is 0 Å². The molecule has 2 unspecified atom stereocenters. The molecule has 3 nitrogen and oxygen atoms in total. The molecule has 1 saturated carbocycles. The molecule has 1 aliphatic rings. The summed E-state index contributed by atoms with van der Waals surface area (Å²) >= 11 is 1.76. The monoisotopic (exact) mass is 254 g/mol. The maximum Gasteiger partial charge on any atom is 0.0947 e. The maximum absolute atomic E-state index is 6.28. The Kier molecular flexibility index (Phi) is 4.17. The van der Waals surface area contributed by atoms with Crippen molar-refractivity contribution >= 4 is 11.3 Å². The Morgan fingerprint density at radius 1 is 1.47 bits per heavy atom. The number of aromatic nitrogens is 1. The van der Waals surface area contributed by atoms with Crippen LogP contribution >= 0.6 is 11.3 Å². The lowest BCUT2D eigenvalue weighted by atomic mass is 10.0. The van der Waals surface area contributed by atoms with Crippen molar-refractivity contribution in [3.8, 4) is 0 Å². The topological polar surface area (TPSA) is 48.1 Å². The molecule has 1 heterocycles. The van der Waals surface area contributed by atoms with E-state index in [1.807, 2.05) is 6.92 Å². The second-order valence-electron chi connectivity index (χ2n) is 4.87. The first-order valence-corrected chi connectivity index (χ1v) is 7.23. The molecular weight excluding hydrogens is 232 g/mol. The number of hydrogen-bond acceptors (Lipinski definition) is 4. The number of nitrogens with zero attached hydrogens (tertiary/aromatic N) is 1. The lowest BCUT2D eigenvalue weighted by Crippen LogP contribution is -2.40. The van der Waals surface area contributed by atoms with E-state index >= 15 is 0 Å². The van der Waals surface area contributed by atoms with Gasteiger partial charge in [0.15, 0.2) is 0 Å². The molecule has 2 N–H and O–H groups in total. The molecule has 0 radical (unpaired) electrons. The minimum Gasteiger partial charge on any atom is -0.377 e. The Balaban J connectivity index is 1.96. The van der Waals surface area contributed by atoms with Gasteiger partial charge in [-0.05, 0) is 39.5 Å². The molecule has 2 rings (SSSR count). The highest BCUT2D eigenvalue weighted by molar-refractivity contribution is 7.11. The molecule has 1 aromatic heterocycles. The average Bonchev–Trinajstić information content (AvgIpc) is 3.04. The highest BCUT2D eigenvalue weighted by Gasteiger charge is 2.36. The molecule has 1 fully saturated rings. The molecule has 0 saturated heterocycles. The summed E-state index contributed by atoms with van der Waals surface area (Å²) in [6.45, 7) is 6.97. The smallest absolute Gasteiger partial charge is 0.0947 e. The third-order valence-electron chi connectivity index (χ3n) is 3.35. The maximum atomic E-state index is 6.28. The van der Waals surface area contributed by atoms with E-state index in [4.69, 9.17) is 10.5 Å². The Morgan fingerprint density at radius 3 is 2.65 bits per heavy atom. The predicted octanol–water partition coefficient (Wildman–Crippen LogP) is 2.44. The van der Waals surface area contributed by atoms with Crippen molar-refractivity contribution in [3.63, 3.8) is 0 Å². The molecule has 0 aliphatic heterocycles. The van der Waals surface area contributed by atoms with Crippen LogP contribution in [-0.4, -0.2) is 23.7 Å². The van der Waals surface area contributed by atoms with Gasteiger partial charge >= 0.3 is 0 Å². The minimum absolute atomic E-state index is 0.0902. The summed E-state index contributed by atoms with van der Waals surface area (Å²) in [6.07, 6.45) is 3.62. The van der Waals surface area contributed by atoms with Crippen molar-refractivity contribution in [2.24, 2.45) is 11.7 Å². The molecule has 0 amide bonds. The van der Waals surface area contributed by atoms with E-state index in [0.717, 1.165) is 23.7 Å². The second kappa shape index (κ2) is 5.46. The van der Waals surface area contributed by atoms with Gasteiger partial charge in [0.2, 0.25) is 0 Å². The molecule has 4 heteroatoms. The Bertz CT molecular complexity index is 354. The zero-order valence-corrected chi connectivity index (χ0v) is 11.7. The van der Waals surface area contributed by atoms with E-state index in [1.54, 1.807) is 11.3 Å². The number of rotatable bonds is 6. The van der Waals surface area contributed by atoms with E-state index in [-0.39, 0.29) is 12.1 Å². The van der Waals surface area contributed by atoms with E-state index in [2.05, 4.69) is 18.8 Å². The van der Waals surface area contributed by atoms with Gasteiger partial charge in [-0.2, -0.15) is 0 Å². The first-order chi connectivity index (χ1) is 8.11. The van der Waals surface area contributed by atoms with E-state index in [9.17, 15) is 0 Å². The number of nitrogens with two attached hydrogens (primary N) is 1. The van der Waals surface area contributed by atoms with Crippen LogP contribution in [0.25, 0.3) is 0 Å². The summed E-state index contributed by atoms with van der Waals surface area (Å²) in [6, 6.07) is 0.0902. The van der Waals surface area contributed by atoms with Gasteiger partial charge in [0.1, 0.15) is 0 Å². The van der Waals surface area contributed by atoms with Crippen LogP contribution in [0.3, 0.4) is 0 Å². The standard InChI is InChI=1S/C13H22N2OS/c1-4-16-13(10-5-6-10)11(14)7-12-15-8(2)9(3)17-12/h10-11,13H,4-7,14H2,1-3H3. The van der Waals surface area contributed by atoms with Gasteiger partial charge in [-0.15, -0.1) is 11.3 Å². The lowest BCUT2D eigenvalue weighted by Gasteiger charge is -2.22. The van der Waals surface area contributed by atoms with Crippen LogP contribution in [0.5, 0.6) is 0 Å². The van der Waals surface area contributed by atoms with E-state index in [0.29, 0.717) is 5.92 Å². The molecule has 17 heavy (non-hydrogen) atoms. The molecule has 1 aromatic rings. The molecule has 2 atom stereocenters. The highest BCUT2D eigenvalue weighted by Crippen LogP contribution is 2.36. The van der Waals surface area contributed by atoms with Crippen LogP contribution in [-0.2, 0) is 11.2 Å². The first-order valence-electron chi connectivity index (χ1n) is 6.42. The summed E-state index contributed by atoms with van der Waals surface area (Å²) in [4.78, 5) is 5.85. The quantitative estimate of drug-likeness (QED) is 0.848. The van der Waals surface area contributed by atoms with Gasteiger partial charge in [-0.3, -0.25) is 0 Å². The second-order valence-corrected chi connectivity index (χ2v) is 6.16. The van der Waals surface area contributed by atoms with E-state index in [1.165, 1.54) is 17.7 Å². The lowest BCUT2D eigenvalue weighted by molar-refractivity contribution is 0.0288. The number of hydrogen-bond donors (Lipinski definition) is 1. The third kappa shape index (κ3) is 3.27. The van der Waals surface area contributed by atoms with Crippen molar-refractivity contribution in [2.75, 3.05) is 6.61 Å². The van der Waals surface area contributed by atoms with Gasteiger partial charge in [0.25, 0.3) is 0 Å². The van der Waals surface area contributed by atoms with Crippen LogP contribution < -0.4 is 5.73 Å². The number of thiazole rings is 1. The Labute approximate surface area is 107 Å². The number of ether oxygens (including phenoxy) is 1. The van der Waals surface area contributed by atoms with Gasteiger partial charge in [0.05, 0.1) is 16.8 Å². The number of aryl methyl sites for hydroxylation is 2. The fourth-order valence-electron chi connectivity index (χ4n) is 2.17.